The van der Waals surface area contributed by atoms with Crippen LogP contribution in [0.15, 0.2) is 23.8 Å². The highest BCUT2D eigenvalue weighted by Crippen LogP contribution is 2.67. The molecule has 4 aliphatic carbocycles. The fraction of sp³-hybridized carbons (Fsp3) is 0.833. The van der Waals surface area contributed by atoms with E-state index >= 15 is 0 Å². The topological polar surface area (TPSA) is 66.8 Å². The van der Waals surface area contributed by atoms with Gasteiger partial charge in [0, 0.05) is 12.8 Å². The maximum absolute atomic E-state index is 12.1. The molecule has 34 heavy (non-hydrogen) atoms. The molecule has 192 valence electrons. The SMILES string of the molecule is CC(=O)O[C@H]1C[C@H]2[C@@H]3[C@@H](O)C=C4C[C@@H](O)CC[C@]4(C)[C@H]3CC[C@]2(C)[C@H]1[C@H](C)/C=C/[C@H](C)C(C)C. The van der Waals surface area contributed by atoms with Gasteiger partial charge in [-0.2, -0.15) is 0 Å². The van der Waals surface area contributed by atoms with Crippen LogP contribution in [0, 0.1) is 52.3 Å². The fourth-order valence-electron chi connectivity index (χ4n) is 8.63. The minimum atomic E-state index is -0.480. The highest BCUT2D eigenvalue weighted by atomic mass is 16.5. The summed E-state index contributed by atoms with van der Waals surface area (Å²) in [7, 11) is 0. The van der Waals surface area contributed by atoms with Gasteiger partial charge in [-0.1, -0.05) is 65.3 Å². The summed E-state index contributed by atoms with van der Waals surface area (Å²) in [4.78, 5) is 12.1. The molecule has 0 saturated heterocycles. The molecule has 0 unspecified atom stereocenters. The molecular formula is C30H48O4. The number of hydrogen-bond donors (Lipinski definition) is 2. The molecule has 4 heteroatoms. The second-order valence-electron chi connectivity index (χ2n) is 13.1. The summed E-state index contributed by atoms with van der Waals surface area (Å²) in [6.45, 7) is 15.4. The first kappa shape index (κ1) is 25.9. The molecule has 0 aromatic rings. The van der Waals surface area contributed by atoms with E-state index in [9.17, 15) is 15.0 Å². The zero-order valence-electron chi connectivity index (χ0n) is 22.5. The van der Waals surface area contributed by atoms with E-state index in [1.54, 1.807) is 0 Å². The summed E-state index contributed by atoms with van der Waals surface area (Å²) in [6.07, 6.45) is 11.6. The van der Waals surface area contributed by atoms with E-state index in [0.717, 1.165) is 32.1 Å². The van der Waals surface area contributed by atoms with Crippen molar-refractivity contribution >= 4 is 5.97 Å². The van der Waals surface area contributed by atoms with Crippen LogP contribution in [-0.4, -0.2) is 34.5 Å². The number of aliphatic hydroxyl groups excluding tert-OH is 2. The van der Waals surface area contributed by atoms with Crippen LogP contribution in [0.2, 0.25) is 0 Å². The van der Waals surface area contributed by atoms with Crippen LogP contribution in [-0.2, 0) is 9.53 Å². The number of allylic oxidation sites excluding steroid dienone is 2. The van der Waals surface area contributed by atoms with Gasteiger partial charge < -0.3 is 14.9 Å². The van der Waals surface area contributed by atoms with Gasteiger partial charge in [0.05, 0.1) is 12.2 Å². The van der Waals surface area contributed by atoms with Crippen molar-refractivity contribution in [3.63, 3.8) is 0 Å². The van der Waals surface area contributed by atoms with Crippen LogP contribution in [0.4, 0.5) is 0 Å². The van der Waals surface area contributed by atoms with Gasteiger partial charge in [-0.15, -0.1) is 0 Å². The Morgan fingerprint density at radius 1 is 1.09 bits per heavy atom. The average Bonchev–Trinajstić information content (AvgIpc) is 3.04. The van der Waals surface area contributed by atoms with Gasteiger partial charge in [-0.3, -0.25) is 4.79 Å². The van der Waals surface area contributed by atoms with Gasteiger partial charge in [-0.25, -0.2) is 0 Å². The van der Waals surface area contributed by atoms with Gasteiger partial charge in [0.1, 0.15) is 6.10 Å². The predicted octanol–water partition coefficient (Wildman–Crippen LogP) is 5.92. The molecule has 0 aromatic heterocycles. The maximum Gasteiger partial charge on any atom is 0.302 e. The Labute approximate surface area is 207 Å². The fourth-order valence-corrected chi connectivity index (χ4v) is 8.63. The Kier molecular flexibility index (Phi) is 7.17. The Balaban J connectivity index is 1.67. The Bertz CT molecular complexity index is 830. The van der Waals surface area contributed by atoms with Gasteiger partial charge in [0.15, 0.2) is 0 Å². The molecule has 3 saturated carbocycles. The van der Waals surface area contributed by atoms with E-state index in [-0.39, 0.29) is 40.8 Å². The minimum absolute atomic E-state index is 0.0307. The van der Waals surface area contributed by atoms with Crippen LogP contribution in [0.5, 0.6) is 0 Å². The van der Waals surface area contributed by atoms with Crippen molar-refractivity contribution in [3.8, 4) is 0 Å². The number of carbonyl (C=O) groups excluding carboxylic acids is 1. The molecule has 2 N–H and O–H groups in total. The highest BCUT2D eigenvalue weighted by molar-refractivity contribution is 5.66. The maximum atomic E-state index is 12.1. The van der Waals surface area contributed by atoms with Crippen LogP contribution in [0.1, 0.15) is 87.0 Å². The molecule has 4 rings (SSSR count). The summed E-state index contributed by atoms with van der Waals surface area (Å²) < 4.78 is 6.01. The molecule has 0 amide bonds. The Hall–Kier alpha value is -1.13. The molecule has 0 aromatic carbocycles. The average molecular weight is 473 g/mol. The first-order valence-corrected chi connectivity index (χ1v) is 13.8. The normalized spacial score (nSPS) is 45.8. The lowest BCUT2D eigenvalue weighted by Crippen LogP contribution is -2.55. The standard InChI is InChI=1S/C30H48O4/c1-17(2)18(3)8-9-19(4)28-26(34-20(5)31)16-24-27-23(11-13-30(24,28)7)29(6)12-10-22(32)14-21(29)15-25(27)33/h8-9,15,17-19,22-28,32-33H,10-14,16H2,1-7H3/b9-8+/t18-,19+,22-,23-,24-,25-,26-,27+,28-,29-,30-/m0/s1. The van der Waals surface area contributed by atoms with Gasteiger partial charge in [-0.05, 0) is 84.9 Å². The molecule has 11 atom stereocenters. The third-order valence-electron chi connectivity index (χ3n) is 10.8. The Morgan fingerprint density at radius 2 is 1.79 bits per heavy atom. The van der Waals surface area contributed by atoms with Crippen molar-refractivity contribution in [2.24, 2.45) is 52.3 Å². The van der Waals surface area contributed by atoms with Gasteiger partial charge in [0.2, 0.25) is 0 Å². The van der Waals surface area contributed by atoms with Crippen LogP contribution >= 0.6 is 0 Å². The number of aliphatic hydroxyl groups is 2. The van der Waals surface area contributed by atoms with Crippen LogP contribution in [0.25, 0.3) is 0 Å². The molecule has 0 spiro atoms. The van der Waals surface area contributed by atoms with E-state index in [1.807, 2.05) is 0 Å². The highest BCUT2D eigenvalue weighted by Gasteiger charge is 2.64. The molecule has 4 aliphatic rings. The molecule has 0 bridgehead atoms. The third kappa shape index (κ3) is 4.32. The molecule has 0 aliphatic heterocycles. The lowest BCUT2D eigenvalue weighted by Gasteiger charge is -2.59. The first-order valence-electron chi connectivity index (χ1n) is 13.8. The molecule has 0 radical (unpaired) electrons. The van der Waals surface area contributed by atoms with Crippen molar-refractivity contribution in [1.82, 2.24) is 0 Å². The number of fused-ring (bicyclic) bond motifs is 5. The van der Waals surface area contributed by atoms with E-state index in [4.69, 9.17) is 4.74 Å². The number of ether oxygens (including phenoxy) is 1. The second-order valence-corrected chi connectivity index (χ2v) is 13.1. The number of hydrogen-bond acceptors (Lipinski definition) is 4. The summed E-state index contributed by atoms with van der Waals surface area (Å²) in [5.74, 6) is 2.44. The smallest absolute Gasteiger partial charge is 0.302 e. The van der Waals surface area contributed by atoms with Crippen molar-refractivity contribution < 1.29 is 19.7 Å². The van der Waals surface area contributed by atoms with Crippen molar-refractivity contribution in [3.05, 3.63) is 23.8 Å². The summed E-state index contributed by atoms with van der Waals surface area (Å²) in [6, 6.07) is 0. The van der Waals surface area contributed by atoms with E-state index in [2.05, 4.69) is 59.8 Å². The van der Waals surface area contributed by atoms with Crippen LogP contribution < -0.4 is 0 Å². The number of esters is 1. The summed E-state index contributed by atoms with van der Waals surface area (Å²) in [5.41, 5.74) is 1.37. The van der Waals surface area contributed by atoms with E-state index in [0.29, 0.717) is 36.0 Å². The minimum Gasteiger partial charge on any atom is -0.462 e. The second kappa shape index (κ2) is 9.39. The molecule has 4 nitrogen and oxygen atoms in total. The van der Waals surface area contributed by atoms with Crippen LogP contribution in [0.3, 0.4) is 0 Å². The largest absolute Gasteiger partial charge is 0.462 e. The number of carbonyl (C=O) groups is 1. The molecular weight excluding hydrogens is 424 g/mol. The Morgan fingerprint density at radius 3 is 2.44 bits per heavy atom. The monoisotopic (exact) mass is 472 g/mol. The van der Waals surface area contributed by atoms with E-state index in [1.165, 1.54) is 12.5 Å². The first-order chi connectivity index (χ1) is 15.9. The molecule has 3 fully saturated rings. The third-order valence-corrected chi connectivity index (χ3v) is 10.8. The lowest BCUT2D eigenvalue weighted by atomic mass is 9.46. The van der Waals surface area contributed by atoms with Crippen molar-refractivity contribution in [2.45, 2.75) is 105 Å². The predicted molar refractivity (Wildman–Crippen MR) is 136 cm³/mol. The van der Waals surface area contributed by atoms with Crippen molar-refractivity contribution in [1.29, 1.82) is 0 Å². The van der Waals surface area contributed by atoms with Gasteiger partial charge in [0.25, 0.3) is 0 Å². The lowest BCUT2D eigenvalue weighted by molar-refractivity contribution is -0.150. The summed E-state index contributed by atoms with van der Waals surface area (Å²) >= 11 is 0. The number of rotatable bonds is 5. The van der Waals surface area contributed by atoms with Gasteiger partial charge >= 0.3 is 5.97 Å². The zero-order valence-corrected chi connectivity index (χ0v) is 22.5. The zero-order chi connectivity index (χ0) is 25.0. The summed E-state index contributed by atoms with van der Waals surface area (Å²) in [5, 5.41) is 21.8. The van der Waals surface area contributed by atoms with E-state index < -0.39 is 6.10 Å². The quantitative estimate of drug-likeness (QED) is 0.385. The van der Waals surface area contributed by atoms with Crippen molar-refractivity contribution in [2.75, 3.05) is 0 Å². The molecule has 0 heterocycles.